The van der Waals surface area contributed by atoms with Crippen LogP contribution in [-0.2, 0) is 6.54 Å². The van der Waals surface area contributed by atoms with Crippen LogP contribution in [0.5, 0.6) is 0 Å². The zero-order valence-electron chi connectivity index (χ0n) is 11.7. The average molecular weight is 353 g/mol. The number of aromatic amines is 1. The molecule has 2 aromatic carbocycles. The summed E-state index contributed by atoms with van der Waals surface area (Å²) in [7, 11) is 0. The Hall–Kier alpha value is -2.40. The molecule has 0 spiro atoms. The normalized spacial score (nSPS) is 13.2. The number of aromatic nitrogens is 3. The summed E-state index contributed by atoms with van der Waals surface area (Å²) in [5.41, 5.74) is 3.54. The lowest BCUT2D eigenvalue weighted by molar-refractivity contribution is 0.899. The first kappa shape index (κ1) is 13.3. The highest BCUT2D eigenvalue weighted by atomic mass is 79.9. The number of anilines is 1. The van der Waals surface area contributed by atoms with Crippen LogP contribution in [0.1, 0.15) is 11.1 Å². The molecule has 0 fully saturated rings. The molecule has 1 aromatic heterocycles. The van der Waals surface area contributed by atoms with E-state index in [9.17, 15) is 0 Å². The zero-order chi connectivity index (χ0) is 14.9. The van der Waals surface area contributed by atoms with E-state index >= 15 is 0 Å². The second-order valence-electron chi connectivity index (χ2n) is 5.14. The van der Waals surface area contributed by atoms with Gasteiger partial charge in [-0.15, -0.1) is 5.10 Å². The van der Waals surface area contributed by atoms with Gasteiger partial charge in [0.2, 0.25) is 5.95 Å². The fourth-order valence-corrected chi connectivity index (χ4v) is 2.93. The highest BCUT2D eigenvalue weighted by Gasteiger charge is 2.16. The van der Waals surface area contributed by atoms with E-state index in [-0.39, 0.29) is 0 Å². The van der Waals surface area contributed by atoms with Gasteiger partial charge >= 0.3 is 0 Å². The minimum absolute atomic E-state index is 0.681. The highest BCUT2D eigenvalue weighted by Crippen LogP contribution is 2.25. The number of nitrogens with one attached hydrogen (secondary N) is 1. The van der Waals surface area contributed by atoms with E-state index < -0.39 is 0 Å². The maximum atomic E-state index is 4.61. The van der Waals surface area contributed by atoms with Crippen molar-refractivity contribution in [2.75, 3.05) is 4.90 Å². The molecule has 22 heavy (non-hydrogen) atoms. The fraction of sp³-hybridized carbons (Fsp3) is 0.0588. The Morgan fingerprint density at radius 2 is 2.00 bits per heavy atom. The molecular formula is C17H13BrN4. The van der Waals surface area contributed by atoms with Crippen LogP contribution in [0, 0.1) is 0 Å². The number of fused-ring (bicyclic) bond motifs is 1. The van der Waals surface area contributed by atoms with Crippen LogP contribution < -0.4 is 4.90 Å². The number of H-pyrrole nitrogens is 1. The molecule has 1 aliphatic rings. The van der Waals surface area contributed by atoms with E-state index in [2.05, 4.69) is 61.5 Å². The van der Waals surface area contributed by atoms with Crippen molar-refractivity contribution in [3.05, 3.63) is 70.3 Å². The molecule has 1 aliphatic heterocycles. The Bertz CT molecular complexity index is 853. The molecule has 3 aromatic rings. The molecule has 0 saturated heterocycles. The molecule has 1 N–H and O–H groups in total. The van der Waals surface area contributed by atoms with Crippen LogP contribution in [0.3, 0.4) is 0 Å². The summed E-state index contributed by atoms with van der Waals surface area (Å²) >= 11 is 3.48. The Morgan fingerprint density at radius 1 is 1.09 bits per heavy atom. The van der Waals surface area contributed by atoms with Crippen molar-refractivity contribution in [2.45, 2.75) is 6.54 Å². The molecule has 0 atom stereocenters. The smallest absolute Gasteiger partial charge is 0.249 e. The quantitative estimate of drug-likeness (QED) is 0.750. The number of halogens is 1. The largest absolute Gasteiger partial charge is 0.311 e. The monoisotopic (exact) mass is 352 g/mol. The Balaban J connectivity index is 1.63. The lowest BCUT2D eigenvalue weighted by atomic mass is 10.0. The first-order valence-electron chi connectivity index (χ1n) is 7.01. The van der Waals surface area contributed by atoms with Gasteiger partial charge in [-0.1, -0.05) is 52.3 Å². The van der Waals surface area contributed by atoms with Gasteiger partial charge in [-0.05, 0) is 29.3 Å². The van der Waals surface area contributed by atoms with E-state index in [4.69, 9.17) is 0 Å². The summed E-state index contributed by atoms with van der Waals surface area (Å²) in [6, 6.07) is 16.4. The van der Waals surface area contributed by atoms with E-state index in [1.165, 1.54) is 11.1 Å². The molecule has 0 saturated carbocycles. The van der Waals surface area contributed by atoms with Crippen molar-refractivity contribution in [3.63, 3.8) is 0 Å². The molecule has 4 nitrogen and oxygen atoms in total. The SMILES string of the molecule is Brc1cccc(-c2nc(N3C=Cc4ccccc4C3)n[nH]2)c1. The first-order valence-corrected chi connectivity index (χ1v) is 7.80. The van der Waals surface area contributed by atoms with Crippen molar-refractivity contribution in [1.82, 2.24) is 15.2 Å². The Morgan fingerprint density at radius 3 is 2.91 bits per heavy atom. The van der Waals surface area contributed by atoms with Gasteiger partial charge in [0, 0.05) is 16.2 Å². The molecule has 4 rings (SSSR count). The van der Waals surface area contributed by atoms with Gasteiger partial charge in [-0.25, -0.2) is 0 Å². The molecule has 0 unspecified atom stereocenters. The summed E-state index contributed by atoms with van der Waals surface area (Å²) < 4.78 is 1.02. The van der Waals surface area contributed by atoms with Crippen LogP contribution in [0.4, 0.5) is 5.95 Å². The summed E-state index contributed by atoms with van der Waals surface area (Å²) in [4.78, 5) is 6.65. The lowest BCUT2D eigenvalue weighted by Gasteiger charge is -2.21. The maximum Gasteiger partial charge on any atom is 0.249 e. The Kier molecular flexibility index (Phi) is 3.27. The van der Waals surface area contributed by atoms with Crippen molar-refractivity contribution in [2.24, 2.45) is 0 Å². The van der Waals surface area contributed by atoms with Crippen molar-refractivity contribution >= 4 is 28.0 Å². The number of hydrogen-bond donors (Lipinski definition) is 1. The maximum absolute atomic E-state index is 4.61. The number of rotatable bonds is 2. The molecular weight excluding hydrogens is 340 g/mol. The predicted octanol–water partition coefficient (Wildman–Crippen LogP) is 4.23. The second-order valence-corrected chi connectivity index (χ2v) is 6.05. The Labute approximate surface area is 136 Å². The molecule has 0 radical (unpaired) electrons. The third-order valence-corrected chi connectivity index (χ3v) is 4.15. The summed E-state index contributed by atoms with van der Waals surface area (Å²) in [5, 5.41) is 7.36. The minimum Gasteiger partial charge on any atom is -0.311 e. The standard InChI is InChI=1S/C17H13BrN4/c18-15-7-3-6-13(10-15)16-19-17(21-20-16)22-9-8-12-4-1-2-5-14(12)11-22/h1-10H,11H2,(H,19,20,21). The van der Waals surface area contributed by atoms with Gasteiger partial charge in [0.25, 0.3) is 0 Å². The summed E-state index contributed by atoms with van der Waals surface area (Å²) in [6.45, 7) is 0.780. The van der Waals surface area contributed by atoms with Crippen molar-refractivity contribution in [3.8, 4) is 11.4 Å². The van der Waals surface area contributed by atoms with E-state index in [1.54, 1.807) is 0 Å². The van der Waals surface area contributed by atoms with Gasteiger partial charge < -0.3 is 4.90 Å². The molecule has 2 heterocycles. The topological polar surface area (TPSA) is 44.8 Å². The first-order chi connectivity index (χ1) is 10.8. The fourth-order valence-electron chi connectivity index (χ4n) is 2.53. The summed E-state index contributed by atoms with van der Waals surface area (Å²) in [5.74, 6) is 1.45. The lowest BCUT2D eigenvalue weighted by Crippen LogP contribution is -2.20. The zero-order valence-corrected chi connectivity index (χ0v) is 13.3. The van der Waals surface area contributed by atoms with E-state index in [0.29, 0.717) is 5.95 Å². The average Bonchev–Trinajstić information content (AvgIpc) is 3.04. The van der Waals surface area contributed by atoms with Crippen molar-refractivity contribution in [1.29, 1.82) is 0 Å². The summed E-state index contributed by atoms with van der Waals surface area (Å²) in [6.07, 6.45) is 4.12. The van der Waals surface area contributed by atoms with Crippen LogP contribution in [-0.4, -0.2) is 15.2 Å². The van der Waals surface area contributed by atoms with Gasteiger partial charge in [0.1, 0.15) is 0 Å². The van der Waals surface area contributed by atoms with Crippen LogP contribution in [0.15, 0.2) is 59.2 Å². The molecule has 108 valence electrons. The number of benzene rings is 2. The number of nitrogens with zero attached hydrogens (tertiary/aromatic N) is 3. The van der Waals surface area contributed by atoms with Gasteiger partial charge in [-0.2, -0.15) is 4.98 Å². The number of hydrogen-bond acceptors (Lipinski definition) is 3. The second kappa shape index (κ2) is 5.42. The van der Waals surface area contributed by atoms with Gasteiger partial charge in [-0.3, -0.25) is 5.10 Å². The van der Waals surface area contributed by atoms with E-state index in [0.717, 1.165) is 22.4 Å². The minimum atomic E-state index is 0.681. The van der Waals surface area contributed by atoms with Gasteiger partial charge in [0.15, 0.2) is 5.82 Å². The van der Waals surface area contributed by atoms with Crippen LogP contribution in [0.25, 0.3) is 17.5 Å². The van der Waals surface area contributed by atoms with Crippen LogP contribution in [0.2, 0.25) is 0 Å². The molecule has 0 bridgehead atoms. The highest BCUT2D eigenvalue weighted by molar-refractivity contribution is 9.10. The van der Waals surface area contributed by atoms with E-state index in [1.807, 2.05) is 35.4 Å². The molecule has 0 aliphatic carbocycles. The van der Waals surface area contributed by atoms with Crippen LogP contribution >= 0.6 is 15.9 Å². The molecule has 5 heteroatoms. The molecule has 0 amide bonds. The predicted molar refractivity (Wildman–Crippen MR) is 91.2 cm³/mol. The third-order valence-electron chi connectivity index (χ3n) is 3.66. The van der Waals surface area contributed by atoms with Crippen molar-refractivity contribution < 1.29 is 0 Å². The third kappa shape index (κ3) is 2.44. The van der Waals surface area contributed by atoms with Gasteiger partial charge in [0.05, 0.1) is 6.54 Å².